The average Bonchev–Trinajstić information content (AvgIpc) is 2.33. The second-order valence-electron chi connectivity index (χ2n) is 4.54. The maximum Gasteiger partial charge on any atom is 0.144 e. The minimum atomic E-state index is 0.547. The first-order valence-electron chi connectivity index (χ1n) is 6.18. The highest BCUT2D eigenvalue weighted by atomic mass is 35.5. The molecule has 1 fully saturated rings. The Balaban J connectivity index is 2.05. The van der Waals surface area contributed by atoms with E-state index < -0.39 is 0 Å². The zero-order valence-corrected chi connectivity index (χ0v) is 10.5. The van der Waals surface area contributed by atoms with Crippen LogP contribution in [0, 0.1) is 5.92 Å². The summed E-state index contributed by atoms with van der Waals surface area (Å²) in [6.45, 7) is 2.27. The van der Waals surface area contributed by atoms with Gasteiger partial charge in [-0.25, -0.2) is 4.98 Å². The van der Waals surface area contributed by atoms with Crippen LogP contribution in [0.25, 0.3) is 0 Å². The Bertz CT molecular complexity index is 340. The molecule has 1 N–H and O–H groups in total. The number of nitrogens with one attached hydrogen (secondary N) is 1. The van der Waals surface area contributed by atoms with Crippen LogP contribution in [0.3, 0.4) is 0 Å². The summed E-state index contributed by atoms with van der Waals surface area (Å²) >= 11 is 6.11. The standard InChI is InChI=1S/C13H19ClN2/c1-2-10-6-3-4-8-12(10)16-13-11(14)7-5-9-15-13/h5,7,9-10,12H,2-4,6,8H2,1H3,(H,15,16). The largest absolute Gasteiger partial charge is 0.366 e. The van der Waals surface area contributed by atoms with Crippen LogP contribution < -0.4 is 5.32 Å². The van der Waals surface area contributed by atoms with Gasteiger partial charge >= 0.3 is 0 Å². The fourth-order valence-corrected chi connectivity index (χ4v) is 2.73. The molecule has 2 nitrogen and oxygen atoms in total. The molecule has 1 aromatic heterocycles. The quantitative estimate of drug-likeness (QED) is 0.857. The van der Waals surface area contributed by atoms with E-state index in [1.54, 1.807) is 6.20 Å². The lowest BCUT2D eigenvalue weighted by molar-refractivity contribution is 0.317. The second-order valence-corrected chi connectivity index (χ2v) is 4.94. The van der Waals surface area contributed by atoms with Gasteiger partial charge in [0.1, 0.15) is 5.82 Å². The molecule has 0 spiro atoms. The van der Waals surface area contributed by atoms with Crippen LogP contribution in [-0.2, 0) is 0 Å². The van der Waals surface area contributed by atoms with Gasteiger partial charge in [-0.3, -0.25) is 0 Å². The molecule has 0 bridgehead atoms. The first kappa shape index (κ1) is 11.7. The van der Waals surface area contributed by atoms with Crippen LogP contribution in [0.2, 0.25) is 5.02 Å². The summed E-state index contributed by atoms with van der Waals surface area (Å²) in [7, 11) is 0. The van der Waals surface area contributed by atoms with E-state index in [1.165, 1.54) is 32.1 Å². The minimum Gasteiger partial charge on any atom is -0.366 e. The molecule has 0 radical (unpaired) electrons. The lowest BCUT2D eigenvalue weighted by atomic mass is 9.83. The Morgan fingerprint density at radius 3 is 3.00 bits per heavy atom. The van der Waals surface area contributed by atoms with Crippen molar-refractivity contribution in [3.05, 3.63) is 23.4 Å². The molecule has 3 heteroatoms. The molecule has 0 amide bonds. The molecule has 0 aliphatic heterocycles. The Labute approximate surface area is 102 Å². The van der Waals surface area contributed by atoms with E-state index >= 15 is 0 Å². The number of aromatic nitrogens is 1. The molecule has 1 heterocycles. The Morgan fingerprint density at radius 1 is 1.44 bits per heavy atom. The van der Waals surface area contributed by atoms with Gasteiger partial charge in [0.05, 0.1) is 5.02 Å². The van der Waals surface area contributed by atoms with Crippen LogP contribution >= 0.6 is 11.6 Å². The van der Waals surface area contributed by atoms with Gasteiger partial charge < -0.3 is 5.32 Å². The minimum absolute atomic E-state index is 0.547. The van der Waals surface area contributed by atoms with E-state index in [4.69, 9.17) is 11.6 Å². The summed E-state index contributed by atoms with van der Waals surface area (Å²) in [6.07, 6.45) is 8.29. The number of nitrogens with zero attached hydrogens (tertiary/aromatic N) is 1. The van der Waals surface area contributed by atoms with Crippen molar-refractivity contribution in [2.45, 2.75) is 45.1 Å². The second kappa shape index (κ2) is 5.53. The van der Waals surface area contributed by atoms with Crippen molar-refractivity contribution in [2.75, 3.05) is 5.32 Å². The molecule has 2 rings (SSSR count). The first-order chi connectivity index (χ1) is 7.81. The van der Waals surface area contributed by atoms with Crippen molar-refractivity contribution >= 4 is 17.4 Å². The number of halogens is 1. The zero-order chi connectivity index (χ0) is 11.4. The maximum absolute atomic E-state index is 6.11. The van der Waals surface area contributed by atoms with E-state index in [9.17, 15) is 0 Å². The van der Waals surface area contributed by atoms with Gasteiger partial charge in [-0.15, -0.1) is 0 Å². The predicted octanol–water partition coefficient (Wildman–Crippen LogP) is 4.12. The Hall–Kier alpha value is -0.760. The monoisotopic (exact) mass is 238 g/mol. The van der Waals surface area contributed by atoms with Crippen LogP contribution in [0.4, 0.5) is 5.82 Å². The van der Waals surface area contributed by atoms with Gasteiger partial charge in [-0.2, -0.15) is 0 Å². The first-order valence-corrected chi connectivity index (χ1v) is 6.56. The summed E-state index contributed by atoms with van der Waals surface area (Å²) in [4.78, 5) is 4.30. The number of rotatable bonds is 3. The molecule has 1 saturated carbocycles. The fraction of sp³-hybridized carbons (Fsp3) is 0.615. The summed E-state index contributed by atoms with van der Waals surface area (Å²) in [6, 6.07) is 4.30. The van der Waals surface area contributed by atoms with Crippen LogP contribution in [0.5, 0.6) is 0 Å². The molecule has 2 atom stereocenters. The third kappa shape index (κ3) is 2.67. The third-order valence-electron chi connectivity index (χ3n) is 3.51. The zero-order valence-electron chi connectivity index (χ0n) is 9.75. The number of pyridine rings is 1. The molecular formula is C13H19ClN2. The van der Waals surface area contributed by atoms with Gasteiger partial charge in [0.2, 0.25) is 0 Å². The molecule has 1 aliphatic carbocycles. The van der Waals surface area contributed by atoms with Crippen molar-refractivity contribution in [2.24, 2.45) is 5.92 Å². The predicted molar refractivity (Wildman–Crippen MR) is 68.9 cm³/mol. The molecular weight excluding hydrogens is 220 g/mol. The highest BCUT2D eigenvalue weighted by molar-refractivity contribution is 6.32. The lowest BCUT2D eigenvalue weighted by Crippen LogP contribution is -2.32. The molecule has 0 aromatic carbocycles. The van der Waals surface area contributed by atoms with Gasteiger partial charge in [-0.05, 0) is 30.9 Å². The van der Waals surface area contributed by atoms with Crippen LogP contribution in [0.15, 0.2) is 18.3 Å². The van der Waals surface area contributed by atoms with Crippen molar-refractivity contribution in [3.8, 4) is 0 Å². The Morgan fingerprint density at radius 2 is 2.25 bits per heavy atom. The molecule has 0 saturated heterocycles. The van der Waals surface area contributed by atoms with Crippen LogP contribution in [0.1, 0.15) is 39.0 Å². The molecule has 2 unspecified atom stereocenters. The number of hydrogen-bond acceptors (Lipinski definition) is 2. The van der Waals surface area contributed by atoms with E-state index in [1.807, 2.05) is 12.1 Å². The number of hydrogen-bond donors (Lipinski definition) is 1. The van der Waals surface area contributed by atoms with Gasteiger partial charge in [-0.1, -0.05) is 37.8 Å². The third-order valence-corrected chi connectivity index (χ3v) is 3.82. The van der Waals surface area contributed by atoms with Crippen molar-refractivity contribution in [1.82, 2.24) is 4.98 Å². The average molecular weight is 239 g/mol. The summed E-state index contributed by atoms with van der Waals surface area (Å²) in [5.74, 6) is 1.61. The van der Waals surface area contributed by atoms with Gasteiger partial charge in [0.15, 0.2) is 0 Å². The van der Waals surface area contributed by atoms with E-state index in [0.29, 0.717) is 6.04 Å². The van der Waals surface area contributed by atoms with Crippen molar-refractivity contribution < 1.29 is 0 Å². The highest BCUT2D eigenvalue weighted by Gasteiger charge is 2.24. The van der Waals surface area contributed by atoms with Gasteiger partial charge in [0.25, 0.3) is 0 Å². The summed E-state index contributed by atoms with van der Waals surface area (Å²) in [5.41, 5.74) is 0. The molecule has 1 aromatic rings. The van der Waals surface area contributed by atoms with Crippen molar-refractivity contribution in [3.63, 3.8) is 0 Å². The maximum atomic E-state index is 6.11. The Kier molecular flexibility index (Phi) is 4.05. The molecule has 16 heavy (non-hydrogen) atoms. The highest BCUT2D eigenvalue weighted by Crippen LogP contribution is 2.30. The van der Waals surface area contributed by atoms with E-state index in [2.05, 4.69) is 17.2 Å². The van der Waals surface area contributed by atoms with Crippen LogP contribution in [-0.4, -0.2) is 11.0 Å². The SMILES string of the molecule is CCC1CCCCC1Nc1ncccc1Cl. The topological polar surface area (TPSA) is 24.9 Å². The number of anilines is 1. The summed E-state index contributed by atoms with van der Waals surface area (Å²) < 4.78 is 0. The van der Waals surface area contributed by atoms with E-state index in [-0.39, 0.29) is 0 Å². The normalized spacial score (nSPS) is 25.4. The molecule has 1 aliphatic rings. The smallest absolute Gasteiger partial charge is 0.144 e. The van der Waals surface area contributed by atoms with E-state index in [0.717, 1.165) is 16.8 Å². The summed E-state index contributed by atoms with van der Waals surface area (Å²) in [5, 5.41) is 4.23. The van der Waals surface area contributed by atoms with Crippen molar-refractivity contribution in [1.29, 1.82) is 0 Å². The molecule has 88 valence electrons. The fourth-order valence-electron chi connectivity index (χ4n) is 2.55. The van der Waals surface area contributed by atoms with Gasteiger partial charge in [0, 0.05) is 12.2 Å². The lowest BCUT2D eigenvalue weighted by Gasteiger charge is -2.32.